The fourth-order valence-electron chi connectivity index (χ4n) is 1.21. The number of hydrogen-bond donors (Lipinski definition) is 2. The van der Waals surface area contributed by atoms with Gasteiger partial charge in [-0.25, -0.2) is 0 Å². The molecule has 1 aromatic rings. The summed E-state index contributed by atoms with van der Waals surface area (Å²) in [5.41, 5.74) is 1.20. The zero-order valence-corrected chi connectivity index (χ0v) is 9.18. The Morgan fingerprint density at radius 1 is 1.33 bits per heavy atom. The third kappa shape index (κ3) is 3.90. The Kier molecular flexibility index (Phi) is 4.59. The third-order valence-electron chi connectivity index (χ3n) is 2.18. The maximum Gasteiger partial charge on any atom is 0.119 e. The van der Waals surface area contributed by atoms with Gasteiger partial charge in [0.05, 0.1) is 6.61 Å². The lowest BCUT2D eigenvalue weighted by Crippen LogP contribution is -2.21. The van der Waals surface area contributed by atoms with E-state index in [0.29, 0.717) is 5.92 Å². The van der Waals surface area contributed by atoms with Crippen LogP contribution in [0.15, 0.2) is 24.3 Å². The molecule has 0 aliphatic rings. The number of rotatable bonds is 5. The third-order valence-corrected chi connectivity index (χ3v) is 2.18. The van der Waals surface area contributed by atoms with E-state index >= 15 is 0 Å². The summed E-state index contributed by atoms with van der Waals surface area (Å²) in [4.78, 5) is 0. The van der Waals surface area contributed by atoms with Crippen LogP contribution in [0.4, 0.5) is 0 Å². The van der Waals surface area contributed by atoms with Gasteiger partial charge in [-0.15, -0.1) is 0 Å². The SMILES string of the molecule is CC(C)c1cccc(OC[C@@H](O)CO)c1. The van der Waals surface area contributed by atoms with E-state index in [1.54, 1.807) is 0 Å². The molecule has 3 heteroatoms. The summed E-state index contributed by atoms with van der Waals surface area (Å²) in [6.07, 6.45) is -0.812. The molecule has 1 atom stereocenters. The molecular formula is C12H18O3. The quantitative estimate of drug-likeness (QED) is 0.775. The molecule has 1 aromatic carbocycles. The number of benzene rings is 1. The second kappa shape index (κ2) is 5.73. The molecule has 0 bridgehead atoms. The van der Waals surface area contributed by atoms with Crippen LogP contribution in [0.1, 0.15) is 25.3 Å². The van der Waals surface area contributed by atoms with E-state index in [2.05, 4.69) is 13.8 Å². The molecule has 0 aromatic heterocycles. The maximum absolute atomic E-state index is 9.12. The molecule has 0 heterocycles. The van der Waals surface area contributed by atoms with Crippen LogP contribution < -0.4 is 4.74 Å². The Morgan fingerprint density at radius 2 is 2.07 bits per heavy atom. The lowest BCUT2D eigenvalue weighted by molar-refractivity contribution is 0.0536. The van der Waals surface area contributed by atoms with Gasteiger partial charge in [-0.2, -0.15) is 0 Å². The number of hydrogen-bond acceptors (Lipinski definition) is 3. The predicted octanol–water partition coefficient (Wildman–Crippen LogP) is 1.54. The predicted molar refractivity (Wildman–Crippen MR) is 59.1 cm³/mol. The summed E-state index contributed by atoms with van der Waals surface area (Å²) in [5, 5.41) is 17.7. The van der Waals surface area contributed by atoms with Crippen LogP contribution in [0.5, 0.6) is 5.75 Å². The highest BCUT2D eigenvalue weighted by Gasteiger charge is 2.04. The summed E-state index contributed by atoms with van der Waals surface area (Å²) < 4.78 is 5.34. The van der Waals surface area contributed by atoms with Gasteiger partial charge in [0, 0.05) is 0 Å². The van der Waals surface area contributed by atoms with E-state index in [9.17, 15) is 0 Å². The van der Waals surface area contributed by atoms with Crippen LogP contribution in [-0.2, 0) is 0 Å². The molecule has 0 aliphatic carbocycles. The van der Waals surface area contributed by atoms with Crippen molar-refractivity contribution in [2.24, 2.45) is 0 Å². The minimum Gasteiger partial charge on any atom is -0.491 e. The Balaban J connectivity index is 2.58. The molecule has 0 amide bonds. The van der Waals surface area contributed by atoms with Gasteiger partial charge in [0.2, 0.25) is 0 Å². The minimum atomic E-state index is -0.812. The lowest BCUT2D eigenvalue weighted by atomic mass is 10.0. The highest BCUT2D eigenvalue weighted by molar-refractivity contribution is 5.30. The van der Waals surface area contributed by atoms with Crippen LogP contribution in [-0.4, -0.2) is 29.5 Å². The zero-order valence-electron chi connectivity index (χ0n) is 9.18. The van der Waals surface area contributed by atoms with E-state index in [1.807, 2.05) is 24.3 Å². The standard InChI is InChI=1S/C12H18O3/c1-9(2)10-4-3-5-12(6-10)15-8-11(14)7-13/h3-6,9,11,13-14H,7-8H2,1-2H3/t11-/m0/s1. The molecule has 3 nitrogen and oxygen atoms in total. The Bertz CT molecular complexity index is 297. The normalized spacial score (nSPS) is 12.9. The van der Waals surface area contributed by atoms with Crippen LogP contribution in [0.25, 0.3) is 0 Å². The lowest BCUT2D eigenvalue weighted by Gasteiger charge is -2.12. The highest BCUT2D eigenvalue weighted by Crippen LogP contribution is 2.20. The fourth-order valence-corrected chi connectivity index (χ4v) is 1.21. The van der Waals surface area contributed by atoms with Crippen LogP contribution >= 0.6 is 0 Å². The van der Waals surface area contributed by atoms with Gasteiger partial charge in [0.25, 0.3) is 0 Å². The van der Waals surface area contributed by atoms with Crippen molar-refractivity contribution in [2.45, 2.75) is 25.9 Å². The van der Waals surface area contributed by atoms with Crippen molar-refractivity contribution >= 4 is 0 Å². The zero-order chi connectivity index (χ0) is 11.3. The minimum absolute atomic E-state index is 0.123. The summed E-state index contributed by atoms with van der Waals surface area (Å²) in [7, 11) is 0. The molecule has 2 N–H and O–H groups in total. The smallest absolute Gasteiger partial charge is 0.119 e. The van der Waals surface area contributed by atoms with Crippen molar-refractivity contribution in [3.05, 3.63) is 29.8 Å². The van der Waals surface area contributed by atoms with Gasteiger partial charge in [0.1, 0.15) is 18.5 Å². The Hall–Kier alpha value is -1.06. The van der Waals surface area contributed by atoms with Crippen LogP contribution in [0.3, 0.4) is 0 Å². The van der Waals surface area contributed by atoms with E-state index in [1.165, 1.54) is 5.56 Å². The fraction of sp³-hybridized carbons (Fsp3) is 0.500. The van der Waals surface area contributed by atoms with Gasteiger partial charge in [-0.1, -0.05) is 26.0 Å². The van der Waals surface area contributed by atoms with Crippen LogP contribution in [0.2, 0.25) is 0 Å². The van der Waals surface area contributed by atoms with Crippen molar-refractivity contribution in [3.63, 3.8) is 0 Å². The van der Waals surface area contributed by atoms with Gasteiger partial charge in [-0.05, 0) is 23.6 Å². The van der Waals surface area contributed by atoms with Crippen molar-refractivity contribution < 1.29 is 14.9 Å². The first-order chi connectivity index (χ1) is 7.13. The highest BCUT2D eigenvalue weighted by atomic mass is 16.5. The molecule has 0 fully saturated rings. The van der Waals surface area contributed by atoms with E-state index < -0.39 is 6.10 Å². The average Bonchev–Trinajstić information content (AvgIpc) is 2.26. The van der Waals surface area contributed by atoms with Crippen molar-refractivity contribution in [3.8, 4) is 5.75 Å². The topological polar surface area (TPSA) is 49.7 Å². The molecular weight excluding hydrogens is 192 g/mol. The molecule has 0 radical (unpaired) electrons. The molecule has 0 aliphatic heterocycles. The maximum atomic E-state index is 9.12. The Labute approximate surface area is 90.3 Å². The first kappa shape index (κ1) is 12.0. The molecule has 0 saturated heterocycles. The summed E-state index contributed by atoms with van der Waals surface area (Å²) in [5.74, 6) is 1.19. The molecule has 15 heavy (non-hydrogen) atoms. The van der Waals surface area contributed by atoms with Gasteiger partial charge in [-0.3, -0.25) is 0 Å². The van der Waals surface area contributed by atoms with Crippen molar-refractivity contribution in [1.29, 1.82) is 0 Å². The van der Waals surface area contributed by atoms with E-state index in [0.717, 1.165) is 5.75 Å². The molecule has 0 saturated carbocycles. The number of ether oxygens (including phenoxy) is 1. The van der Waals surface area contributed by atoms with Gasteiger partial charge < -0.3 is 14.9 Å². The van der Waals surface area contributed by atoms with E-state index in [4.69, 9.17) is 14.9 Å². The number of aliphatic hydroxyl groups excluding tert-OH is 2. The molecule has 0 unspecified atom stereocenters. The van der Waals surface area contributed by atoms with Gasteiger partial charge >= 0.3 is 0 Å². The summed E-state index contributed by atoms with van der Waals surface area (Å²) in [6, 6.07) is 7.76. The second-order valence-electron chi connectivity index (χ2n) is 3.87. The summed E-state index contributed by atoms with van der Waals surface area (Å²) >= 11 is 0. The monoisotopic (exact) mass is 210 g/mol. The second-order valence-corrected chi connectivity index (χ2v) is 3.87. The van der Waals surface area contributed by atoms with Crippen molar-refractivity contribution in [2.75, 3.05) is 13.2 Å². The molecule has 1 rings (SSSR count). The average molecular weight is 210 g/mol. The first-order valence-corrected chi connectivity index (χ1v) is 5.15. The van der Waals surface area contributed by atoms with Gasteiger partial charge in [0.15, 0.2) is 0 Å². The van der Waals surface area contributed by atoms with Crippen LogP contribution in [0, 0.1) is 0 Å². The Morgan fingerprint density at radius 3 is 2.67 bits per heavy atom. The number of aliphatic hydroxyl groups is 2. The summed E-state index contributed by atoms with van der Waals surface area (Å²) in [6.45, 7) is 4.07. The van der Waals surface area contributed by atoms with Crippen molar-refractivity contribution in [1.82, 2.24) is 0 Å². The first-order valence-electron chi connectivity index (χ1n) is 5.15. The molecule has 84 valence electrons. The molecule has 0 spiro atoms. The van der Waals surface area contributed by atoms with E-state index in [-0.39, 0.29) is 13.2 Å². The largest absolute Gasteiger partial charge is 0.491 e.